The van der Waals surface area contributed by atoms with Crippen LogP contribution in [-0.2, 0) is 9.47 Å². The Bertz CT molecular complexity index is 130. The maximum Gasteiger partial charge on any atom is 0.238 e. The molecule has 0 bridgehead atoms. The Hall–Kier alpha value is -0.220. The van der Waals surface area contributed by atoms with Gasteiger partial charge in [0, 0.05) is 13.0 Å². The lowest BCUT2D eigenvalue weighted by atomic mass is 10.1. The van der Waals surface area contributed by atoms with Crippen molar-refractivity contribution in [3.63, 3.8) is 0 Å². The third-order valence-electron chi connectivity index (χ3n) is 2.17. The summed E-state index contributed by atoms with van der Waals surface area (Å²) in [5.41, 5.74) is 0. The van der Waals surface area contributed by atoms with Crippen LogP contribution < -0.4 is 0 Å². The zero-order valence-electron chi connectivity index (χ0n) is 8.38. The molecule has 0 aromatic rings. The summed E-state index contributed by atoms with van der Waals surface area (Å²) >= 11 is 0. The highest BCUT2D eigenvalue weighted by Crippen LogP contribution is 2.10. The molecule has 0 amide bonds. The molecule has 1 atom stereocenters. The lowest BCUT2D eigenvalue weighted by molar-refractivity contribution is 0.111. The van der Waals surface area contributed by atoms with E-state index < -0.39 is 6.43 Å². The molecule has 0 radical (unpaired) electrons. The molecule has 0 aromatic carbocycles. The number of ether oxygens (including phenoxy) is 2. The third-order valence-corrected chi connectivity index (χ3v) is 2.17. The third kappa shape index (κ3) is 7.21. The molecule has 4 heteroatoms. The maximum absolute atomic E-state index is 11.7. The number of hydrogen-bond acceptors (Lipinski definition) is 2. The van der Waals surface area contributed by atoms with Crippen LogP contribution in [0, 0.1) is 0 Å². The van der Waals surface area contributed by atoms with Crippen molar-refractivity contribution in [2.45, 2.75) is 44.6 Å². The van der Waals surface area contributed by atoms with Crippen LogP contribution in [0.1, 0.15) is 32.1 Å². The van der Waals surface area contributed by atoms with Gasteiger partial charge in [-0.05, 0) is 12.8 Å². The first-order chi connectivity index (χ1) is 6.79. The van der Waals surface area contributed by atoms with Crippen LogP contribution in [0.2, 0.25) is 0 Å². The summed E-state index contributed by atoms with van der Waals surface area (Å²) in [6, 6.07) is 0. The molecule has 1 unspecified atom stereocenters. The van der Waals surface area contributed by atoms with Crippen LogP contribution >= 0.6 is 0 Å². The minimum atomic E-state index is -2.14. The largest absolute Gasteiger partial charge is 0.379 e. The summed E-state index contributed by atoms with van der Waals surface area (Å²) in [5, 5.41) is 0. The number of hydrogen-bond donors (Lipinski definition) is 0. The van der Waals surface area contributed by atoms with Crippen molar-refractivity contribution in [3.05, 3.63) is 0 Å². The van der Waals surface area contributed by atoms with Crippen molar-refractivity contribution in [1.29, 1.82) is 0 Å². The summed E-state index contributed by atoms with van der Waals surface area (Å²) in [4.78, 5) is 0. The van der Waals surface area contributed by atoms with Crippen LogP contribution in [0.5, 0.6) is 0 Å². The second-order valence-electron chi connectivity index (χ2n) is 3.62. The maximum atomic E-state index is 11.7. The zero-order valence-corrected chi connectivity index (χ0v) is 8.38. The van der Waals surface area contributed by atoms with Crippen LogP contribution in [0.4, 0.5) is 8.78 Å². The average molecular weight is 208 g/mol. The molecular weight excluding hydrogens is 190 g/mol. The Balaban J connectivity index is 1.66. The molecule has 0 saturated carbocycles. The summed E-state index contributed by atoms with van der Waals surface area (Å²) in [6.07, 6.45) is 1.69. The van der Waals surface area contributed by atoms with E-state index in [4.69, 9.17) is 9.47 Å². The van der Waals surface area contributed by atoms with Gasteiger partial charge in [-0.15, -0.1) is 0 Å². The Morgan fingerprint density at radius 3 is 2.57 bits per heavy atom. The Labute approximate surface area is 83.6 Å². The van der Waals surface area contributed by atoms with E-state index in [0.29, 0.717) is 19.1 Å². The molecule has 1 saturated heterocycles. The number of epoxide rings is 1. The fourth-order valence-electron chi connectivity index (χ4n) is 1.24. The molecule has 0 aliphatic carbocycles. The van der Waals surface area contributed by atoms with Gasteiger partial charge in [0.1, 0.15) is 6.10 Å². The molecule has 2 nitrogen and oxygen atoms in total. The van der Waals surface area contributed by atoms with Gasteiger partial charge in [-0.3, -0.25) is 0 Å². The summed E-state index contributed by atoms with van der Waals surface area (Å²) in [6.45, 7) is 2.25. The summed E-state index contributed by atoms with van der Waals surface area (Å²) in [7, 11) is 0. The van der Waals surface area contributed by atoms with Crippen LogP contribution in [0.15, 0.2) is 0 Å². The normalized spacial score (nSPS) is 20.4. The zero-order chi connectivity index (χ0) is 10.2. The van der Waals surface area contributed by atoms with Crippen molar-refractivity contribution in [1.82, 2.24) is 0 Å². The van der Waals surface area contributed by atoms with E-state index in [9.17, 15) is 8.78 Å². The molecule has 14 heavy (non-hydrogen) atoms. The van der Waals surface area contributed by atoms with Gasteiger partial charge in [-0.2, -0.15) is 0 Å². The topological polar surface area (TPSA) is 21.8 Å². The average Bonchev–Trinajstić information content (AvgIpc) is 2.92. The highest BCUT2D eigenvalue weighted by Gasteiger charge is 2.21. The number of halogens is 2. The van der Waals surface area contributed by atoms with Gasteiger partial charge in [0.15, 0.2) is 0 Å². The highest BCUT2D eigenvalue weighted by molar-refractivity contribution is 4.66. The Morgan fingerprint density at radius 2 is 1.93 bits per heavy atom. The summed E-state index contributed by atoms with van der Waals surface area (Å²) in [5.74, 6) is 0. The number of alkyl halides is 2. The lowest BCUT2D eigenvalue weighted by Gasteiger charge is -2.02. The van der Waals surface area contributed by atoms with E-state index in [1.165, 1.54) is 0 Å². The molecule has 1 heterocycles. The van der Waals surface area contributed by atoms with Gasteiger partial charge < -0.3 is 9.47 Å². The van der Waals surface area contributed by atoms with Crippen molar-refractivity contribution in [2.75, 3.05) is 19.8 Å². The SMILES string of the molecule is FC(F)CCCCCCOCC1CO1. The van der Waals surface area contributed by atoms with Crippen molar-refractivity contribution >= 4 is 0 Å². The quantitative estimate of drug-likeness (QED) is 0.429. The molecule has 1 aliphatic heterocycles. The fourth-order valence-corrected chi connectivity index (χ4v) is 1.24. The predicted octanol–water partition coefficient (Wildman–Crippen LogP) is 2.62. The second kappa shape index (κ2) is 7.12. The van der Waals surface area contributed by atoms with Gasteiger partial charge in [-0.1, -0.05) is 12.8 Å². The first-order valence-corrected chi connectivity index (χ1v) is 5.26. The van der Waals surface area contributed by atoms with Gasteiger partial charge in [0.25, 0.3) is 0 Å². The van der Waals surface area contributed by atoms with Crippen molar-refractivity contribution in [3.8, 4) is 0 Å². The molecular formula is C10H18F2O2. The van der Waals surface area contributed by atoms with E-state index in [1.807, 2.05) is 0 Å². The van der Waals surface area contributed by atoms with Crippen LogP contribution in [0.25, 0.3) is 0 Å². The Morgan fingerprint density at radius 1 is 1.21 bits per heavy atom. The van der Waals surface area contributed by atoms with E-state index >= 15 is 0 Å². The molecule has 1 rings (SSSR count). The smallest absolute Gasteiger partial charge is 0.238 e. The molecule has 0 aromatic heterocycles. The first kappa shape index (κ1) is 11.9. The van der Waals surface area contributed by atoms with Gasteiger partial charge >= 0.3 is 0 Å². The first-order valence-electron chi connectivity index (χ1n) is 5.26. The second-order valence-corrected chi connectivity index (χ2v) is 3.62. The van der Waals surface area contributed by atoms with Gasteiger partial charge in [0.05, 0.1) is 13.2 Å². The molecule has 0 spiro atoms. The van der Waals surface area contributed by atoms with E-state index in [-0.39, 0.29) is 6.42 Å². The molecule has 0 N–H and O–H groups in total. The predicted molar refractivity (Wildman–Crippen MR) is 49.6 cm³/mol. The monoisotopic (exact) mass is 208 g/mol. The standard InChI is InChI=1S/C10H18F2O2/c11-10(12)5-3-1-2-4-6-13-7-9-8-14-9/h9-10H,1-8H2. The minimum absolute atomic E-state index is 0.0385. The summed E-state index contributed by atoms with van der Waals surface area (Å²) < 4.78 is 33.7. The van der Waals surface area contributed by atoms with Crippen molar-refractivity contribution < 1.29 is 18.3 Å². The van der Waals surface area contributed by atoms with Crippen LogP contribution in [-0.4, -0.2) is 32.4 Å². The van der Waals surface area contributed by atoms with E-state index in [2.05, 4.69) is 0 Å². The highest BCUT2D eigenvalue weighted by atomic mass is 19.3. The van der Waals surface area contributed by atoms with E-state index in [0.717, 1.165) is 32.5 Å². The van der Waals surface area contributed by atoms with E-state index in [1.54, 1.807) is 0 Å². The van der Waals surface area contributed by atoms with Crippen molar-refractivity contribution in [2.24, 2.45) is 0 Å². The molecule has 1 aliphatic rings. The minimum Gasteiger partial charge on any atom is -0.379 e. The van der Waals surface area contributed by atoms with Gasteiger partial charge in [0.2, 0.25) is 6.43 Å². The number of rotatable bonds is 9. The lowest BCUT2D eigenvalue weighted by Crippen LogP contribution is -2.02. The number of unbranched alkanes of at least 4 members (excludes halogenated alkanes) is 3. The van der Waals surface area contributed by atoms with Crippen LogP contribution in [0.3, 0.4) is 0 Å². The molecule has 1 fully saturated rings. The van der Waals surface area contributed by atoms with Gasteiger partial charge in [-0.25, -0.2) is 8.78 Å². The fraction of sp³-hybridized carbons (Fsp3) is 1.00. The molecule has 84 valence electrons. The Kier molecular flexibility index (Phi) is 6.03.